The van der Waals surface area contributed by atoms with E-state index in [2.05, 4.69) is 6.92 Å². The van der Waals surface area contributed by atoms with E-state index in [4.69, 9.17) is 4.74 Å². The van der Waals surface area contributed by atoms with Crippen molar-refractivity contribution in [3.8, 4) is 5.75 Å². The zero-order chi connectivity index (χ0) is 11.8. The second-order valence-electron chi connectivity index (χ2n) is 5.53. The van der Waals surface area contributed by atoms with Crippen molar-refractivity contribution in [3.05, 3.63) is 29.1 Å². The molecule has 0 aromatic heterocycles. The number of ether oxygens (including phenoxy) is 1. The molecule has 2 aliphatic carbocycles. The molecule has 1 atom stereocenters. The number of fused-ring (bicyclic) bond motifs is 1. The molecule has 0 bridgehead atoms. The van der Waals surface area contributed by atoms with Gasteiger partial charge in [0.1, 0.15) is 0 Å². The Bertz CT molecular complexity index is 423. The third kappa shape index (κ3) is 2.31. The Morgan fingerprint density at radius 1 is 1.29 bits per heavy atom. The fourth-order valence-electron chi connectivity index (χ4n) is 2.64. The first-order valence-corrected chi connectivity index (χ1v) is 6.69. The number of halogens is 1. The van der Waals surface area contributed by atoms with Gasteiger partial charge in [-0.15, -0.1) is 0 Å². The Labute approximate surface area is 102 Å². The third-order valence-electron chi connectivity index (χ3n) is 3.98. The van der Waals surface area contributed by atoms with Gasteiger partial charge in [0.05, 0.1) is 6.61 Å². The molecule has 0 heterocycles. The zero-order valence-electron chi connectivity index (χ0n) is 10.3. The maximum Gasteiger partial charge on any atom is 0.165 e. The van der Waals surface area contributed by atoms with Crippen LogP contribution in [0, 0.1) is 11.7 Å². The molecular weight excluding hydrogens is 215 g/mol. The second-order valence-corrected chi connectivity index (χ2v) is 5.53. The highest BCUT2D eigenvalue weighted by Crippen LogP contribution is 2.36. The standard InChI is InChI=1S/C15H19FO/c1-10-3-2-4-12-7-14(16)15(8-13(10)12)17-9-11-5-6-11/h7-8,10-11H,2-6,9H2,1H3. The Hall–Kier alpha value is -1.05. The lowest BCUT2D eigenvalue weighted by Gasteiger charge is -2.23. The molecule has 1 unspecified atom stereocenters. The van der Waals surface area contributed by atoms with Crippen LogP contribution in [0.5, 0.6) is 5.75 Å². The summed E-state index contributed by atoms with van der Waals surface area (Å²) in [6.45, 7) is 2.91. The molecule has 0 radical (unpaired) electrons. The molecule has 92 valence electrons. The van der Waals surface area contributed by atoms with Crippen LogP contribution in [-0.4, -0.2) is 6.61 Å². The van der Waals surface area contributed by atoms with E-state index in [0.717, 1.165) is 6.42 Å². The summed E-state index contributed by atoms with van der Waals surface area (Å²) in [7, 11) is 0. The lowest BCUT2D eigenvalue weighted by Crippen LogP contribution is -2.09. The van der Waals surface area contributed by atoms with Gasteiger partial charge in [0, 0.05) is 0 Å². The molecule has 0 amide bonds. The van der Waals surface area contributed by atoms with Gasteiger partial charge >= 0.3 is 0 Å². The van der Waals surface area contributed by atoms with Crippen molar-refractivity contribution >= 4 is 0 Å². The van der Waals surface area contributed by atoms with Crippen molar-refractivity contribution in [3.63, 3.8) is 0 Å². The van der Waals surface area contributed by atoms with Crippen molar-refractivity contribution in [2.45, 2.75) is 44.9 Å². The molecule has 0 spiro atoms. The van der Waals surface area contributed by atoms with Crippen LogP contribution >= 0.6 is 0 Å². The fraction of sp³-hybridized carbons (Fsp3) is 0.600. The summed E-state index contributed by atoms with van der Waals surface area (Å²) in [5, 5.41) is 0. The van der Waals surface area contributed by atoms with Crippen LogP contribution in [0.2, 0.25) is 0 Å². The Balaban J connectivity index is 1.84. The maximum atomic E-state index is 13.9. The first-order valence-electron chi connectivity index (χ1n) is 6.69. The first-order chi connectivity index (χ1) is 8.24. The van der Waals surface area contributed by atoms with Gasteiger partial charge in [0.25, 0.3) is 0 Å². The summed E-state index contributed by atoms with van der Waals surface area (Å²) >= 11 is 0. The molecule has 1 aromatic carbocycles. The molecule has 0 saturated heterocycles. The van der Waals surface area contributed by atoms with Crippen molar-refractivity contribution in [1.82, 2.24) is 0 Å². The Morgan fingerprint density at radius 2 is 2.12 bits per heavy atom. The van der Waals surface area contributed by atoms with Crippen molar-refractivity contribution in [2.24, 2.45) is 5.92 Å². The lowest BCUT2D eigenvalue weighted by molar-refractivity contribution is 0.284. The molecule has 1 aromatic rings. The average Bonchev–Trinajstić information content (AvgIpc) is 3.11. The van der Waals surface area contributed by atoms with Gasteiger partial charge in [-0.1, -0.05) is 6.92 Å². The van der Waals surface area contributed by atoms with Crippen LogP contribution < -0.4 is 4.74 Å². The molecule has 3 rings (SSSR count). The highest BCUT2D eigenvalue weighted by Gasteiger charge is 2.24. The topological polar surface area (TPSA) is 9.23 Å². The summed E-state index contributed by atoms with van der Waals surface area (Å²) < 4.78 is 19.5. The summed E-state index contributed by atoms with van der Waals surface area (Å²) in [5.41, 5.74) is 2.48. The molecule has 1 nitrogen and oxygen atoms in total. The van der Waals surface area contributed by atoms with E-state index < -0.39 is 0 Å². The second kappa shape index (κ2) is 4.32. The van der Waals surface area contributed by atoms with E-state index in [0.29, 0.717) is 24.2 Å². The highest BCUT2D eigenvalue weighted by atomic mass is 19.1. The minimum Gasteiger partial charge on any atom is -0.490 e. The molecule has 0 aliphatic heterocycles. The third-order valence-corrected chi connectivity index (χ3v) is 3.98. The largest absolute Gasteiger partial charge is 0.490 e. The zero-order valence-corrected chi connectivity index (χ0v) is 10.3. The monoisotopic (exact) mass is 234 g/mol. The SMILES string of the molecule is CC1CCCc2cc(F)c(OCC3CC3)cc21. The van der Waals surface area contributed by atoms with E-state index >= 15 is 0 Å². The molecular formula is C15H19FO. The first kappa shape index (κ1) is 11.1. The number of hydrogen-bond acceptors (Lipinski definition) is 1. The van der Waals surface area contributed by atoms with Crippen LogP contribution in [0.25, 0.3) is 0 Å². The van der Waals surface area contributed by atoms with Gasteiger partial charge in [0.15, 0.2) is 11.6 Å². The molecule has 2 heteroatoms. The predicted octanol–water partition coefficient (Wildman–Crippen LogP) is 4.05. The van der Waals surface area contributed by atoms with Crippen LogP contribution in [0.1, 0.15) is 49.7 Å². The van der Waals surface area contributed by atoms with Crippen molar-refractivity contribution in [1.29, 1.82) is 0 Å². The Morgan fingerprint density at radius 3 is 2.88 bits per heavy atom. The molecule has 2 aliphatic rings. The van der Waals surface area contributed by atoms with E-state index in [1.165, 1.54) is 36.8 Å². The molecule has 1 saturated carbocycles. The molecule has 1 fully saturated rings. The average molecular weight is 234 g/mol. The van der Waals surface area contributed by atoms with Gasteiger partial charge < -0.3 is 4.74 Å². The molecule has 17 heavy (non-hydrogen) atoms. The molecule has 0 N–H and O–H groups in total. The summed E-state index contributed by atoms with van der Waals surface area (Å²) in [5.74, 6) is 1.49. The minimum absolute atomic E-state index is 0.182. The number of rotatable bonds is 3. The smallest absolute Gasteiger partial charge is 0.165 e. The fourth-order valence-corrected chi connectivity index (χ4v) is 2.64. The predicted molar refractivity (Wildman–Crippen MR) is 66.0 cm³/mol. The van der Waals surface area contributed by atoms with Crippen LogP contribution in [0.3, 0.4) is 0 Å². The maximum absolute atomic E-state index is 13.9. The number of benzene rings is 1. The van der Waals surface area contributed by atoms with Gasteiger partial charge in [-0.25, -0.2) is 4.39 Å². The van der Waals surface area contributed by atoms with Crippen molar-refractivity contribution < 1.29 is 9.13 Å². The summed E-state index contributed by atoms with van der Waals surface area (Å²) in [6, 6.07) is 3.63. The van der Waals surface area contributed by atoms with Crippen LogP contribution in [0.4, 0.5) is 4.39 Å². The van der Waals surface area contributed by atoms with E-state index in [-0.39, 0.29) is 5.82 Å². The van der Waals surface area contributed by atoms with Crippen LogP contribution in [-0.2, 0) is 6.42 Å². The highest BCUT2D eigenvalue weighted by molar-refractivity contribution is 5.40. The van der Waals surface area contributed by atoms with E-state index in [1.807, 2.05) is 6.07 Å². The van der Waals surface area contributed by atoms with Crippen LogP contribution in [0.15, 0.2) is 12.1 Å². The van der Waals surface area contributed by atoms with E-state index in [1.54, 1.807) is 6.07 Å². The van der Waals surface area contributed by atoms with Crippen molar-refractivity contribution in [2.75, 3.05) is 6.61 Å². The normalized spacial score (nSPS) is 23.3. The van der Waals surface area contributed by atoms with Gasteiger partial charge in [-0.2, -0.15) is 0 Å². The quantitative estimate of drug-likeness (QED) is 0.766. The van der Waals surface area contributed by atoms with Gasteiger partial charge in [-0.05, 0) is 67.2 Å². The summed E-state index contributed by atoms with van der Waals surface area (Å²) in [6.07, 6.45) is 5.88. The summed E-state index contributed by atoms with van der Waals surface area (Å²) in [4.78, 5) is 0. The number of aryl methyl sites for hydroxylation is 1. The van der Waals surface area contributed by atoms with Gasteiger partial charge in [0.2, 0.25) is 0 Å². The van der Waals surface area contributed by atoms with Gasteiger partial charge in [-0.3, -0.25) is 0 Å². The van der Waals surface area contributed by atoms with E-state index in [9.17, 15) is 4.39 Å². The lowest BCUT2D eigenvalue weighted by atomic mass is 9.84. The minimum atomic E-state index is -0.182. The Kier molecular flexibility index (Phi) is 2.81. The number of hydrogen-bond donors (Lipinski definition) is 0.